The van der Waals surface area contributed by atoms with Gasteiger partial charge in [0, 0.05) is 30.0 Å². The number of ether oxygens (including phenoxy) is 2. The fourth-order valence-electron chi connectivity index (χ4n) is 3.35. The fourth-order valence-corrected chi connectivity index (χ4v) is 3.35. The van der Waals surface area contributed by atoms with Crippen molar-refractivity contribution in [1.29, 1.82) is 0 Å². The van der Waals surface area contributed by atoms with E-state index in [1.54, 1.807) is 18.2 Å². The van der Waals surface area contributed by atoms with E-state index in [1.807, 2.05) is 31.2 Å². The molecule has 1 fully saturated rings. The molecular weight excluding hydrogens is 368 g/mol. The topological polar surface area (TPSA) is 67.9 Å². The first-order valence-electron chi connectivity index (χ1n) is 10.1. The summed E-state index contributed by atoms with van der Waals surface area (Å²) >= 11 is 0. The number of aldehydes is 1. The van der Waals surface area contributed by atoms with Crippen molar-refractivity contribution in [3.05, 3.63) is 48.0 Å². The average Bonchev–Trinajstić information content (AvgIpc) is 2.74. The second-order valence-electron chi connectivity index (χ2n) is 7.31. The number of carbonyl (C=O) groups excluding carboxylic acids is 2. The lowest BCUT2D eigenvalue weighted by molar-refractivity contribution is -0.118. The van der Waals surface area contributed by atoms with E-state index in [0.29, 0.717) is 23.7 Å². The van der Waals surface area contributed by atoms with Crippen molar-refractivity contribution >= 4 is 23.6 Å². The van der Waals surface area contributed by atoms with E-state index in [4.69, 9.17) is 9.47 Å². The molecular formula is C23H28N2O4. The summed E-state index contributed by atoms with van der Waals surface area (Å²) in [5, 5.41) is 2.84. The van der Waals surface area contributed by atoms with Crippen LogP contribution < -0.4 is 19.7 Å². The summed E-state index contributed by atoms with van der Waals surface area (Å²) in [6, 6.07) is 12.8. The number of nitrogens with one attached hydrogen (secondary N) is 1. The molecule has 6 heteroatoms. The molecule has 1 heterocycles. The summed E-state index contributed by atoms with van der Waals surface area (Å²) in [4.78, 5) is 25.6. The smallest absolute Gasteiger partial charge is 0.262 e. The largest absolute Gasteiger partial charge is 0.490 e. The molecule has 1 saturated heterocycles. The molecule has 1 N–H and O–H groups in total. The molecule has 0 bridgehead atoms. The van der Waals surface area contributed by atoms with E-state index in [9.17, 15) is 9.59 Å². The van der Waals surface area contributed by atoms with Crippen LogP contribution in [0, 0.1) is 5.92 Å². The van der Waals surface area contributed by atoms with Crippen molar-refractivity contribution < 1.29 is 19.1 Å². The Labute approximate surface area is 171 Å². The van der Waals surface area contributed by atoms with Gasteiger partial charge >= 0.3 is 0 Å². The quantitative estimate of drug-likeness (QED) is 0.679. The van der Waals surface area contributed by atoms with Crippen molar-refractivity contribution in [3.8, 4) is 11.5 Å². The van der Waals surface area contributed by atoms with Crippen LogP contribution in [0.2, 0.25) is 0 Å². The van der Waals surface area contributed by atoms with E-state index >= 15 is 0 Å². The number of benzene rings is 2. The first-order valence-corrected chi connectivity index (χ1v) is 10.1. The second-order valence-corrected chi connectivity index (χ2v) is 7.31. The number of amides is 1. The first-order chi connectivity index (χ1) is 14.1. The number of anilines is 2. The maximum absolute atomic E-state index is 12.3. The normalized spacial score (nSPS) is 14.3. The summed E-state index contributed by atoms with van der Waals surface area (Å²) in [6.07, 6.45) is 3.17. The molecule has 154 valence electrons. The molecule has 0 saturated carbocycles. The van der Waals surface area contributed by atoms with Crippen molar-refractivity contribution in [2.75, 3.05) is 36.5 Å². The number of rotatable bonds is 8. The van der Waals surface area contributed by atoms with Gasteiger partial charge in [-0.05, 0) is 68.1 Å². The predicted octanol–water partition coefficient (Wildman–Crippen LogP) is 4.15. The third-order valence-corrected chi connectivity index (χ3v) is 5.06. The molecule has 2 aromatic carbocycles. The zero-order valence-electron chi connectivity index (χ0n) is 17.0. The molecule has 1 aliphatic heterocycles. The lowest BCUT2D eigenvalue weighted by Gasteiger charge is -2.32. The Morgan fingerprint density at radius 1 is 1.10 bits per heavy atom. The molecule has 2 aromatic rings. The monoisotopic (exact) mass is 396 g/mol. The van der Waals surface area contributed by atoms with Gasteiger partial charge in [-0.3, -0.25) is 9.59 Å². The van der Waals surface area contributed by atoms with E-state index in [2.05, 4.69) is 17.1 Å². The summed E-state index contributed by atoms with van der Waals surface area (Å²) < 4.78 is 11.1. The Morgan fingerprint density at radius 2 is 1.83 bits per heavy atom. The van der Waals surface area contributed by atoms with Crippen LogP contribution in [0.1, 0.15) is 37.0 Å². The van der Waals surface area contributed by atoms with E-state index in [1.165, 1.54) is 18.5 Å². The highest BCUT2D eigenvalue weighted by Crippen LogP contribution is 2.28. The number of hydrogen-bond donors (Lipinski definition) is 1. The Balaban J connectivity index is 1.54. The summed E-state index contributed by atoms with van der Waals surface area (Å²) in [5.74, 6) is 1.42. The lowest BCUT2D eigenvalue weighted by Crippen LogP contribution is -2.32. The Kier molecular flexibility index (Phi) is 7.11. The SMILES string of the molecule is CCOc1cc(C=O)ccc1OCC(=O)Nc1ccc(N2CCC(C)CC2)cc1. The van der Waals surface area contributed by atoms with Gasteiger partial charge in [0.05, 0.1) is 6.61 Å². The van der Waals surface area contributed by atoms with Gasteiger partial charge in [0.2, 0.25) is 0 Å². The highest BCUT2D eigenvalue weighted by molar-refractivity contribution is 5.92. The van der Waals surface area contributed by atoms with Crippen LogP contribution in [0.5, 0.6) is 11.5 Å². The summed E-state index contributed by atoms with van der Waals surface area (Å²) in [6.45, 7) is 6.58. The van der Waals surface area contributed by atoms with E-state index < -0.39 is 0 Å². The minimum absolute atomic E-state index is 0.147. The number of carbonyl (C=O) groups is 2. The Morgan fingerprint density at radius 3 is 2.48 bits per heavy atom. The van der Waals surface area contributed by atoms with Crippen LogP contribution in [0.3, 0.4) is 0 Å². The molecule has 0 aromatic heterocycles. The molecule has 6 nitrogen and oxygen atoms in total. The third kappa shape index (κ3) is 5.73. The molecule has 0 atom stereocenters. The van der Waals surface area contributed by atoms with Crippen LogP contribution in [0.15, 0.2) is 42.5 Å². The highest BCUT2D eigenvalue weighted by Gasteiger charge is 2.16. The maximum Gasteiger partial charge on any atom is 0.262 e. The van der Waals surface area contributed by atoms with Crippen molar-refractivity contribution in [1.82, 2.24) is 0 Å². The van der Waals surface area contributed by atoms with Crippen molar-refractivity contribution in [2.45, 2.75) is 26.7 Å². The fraction of sp³-hybridized carbons (Fsp3) is 0.391. The highest BCUT2D eigenvalue weighted by atomic mass is 16.5. The summed E-state index contributed by atoms with van der Waals surface area (Å²) in [7, 11) is 0. The minimum Gasteiger partial charge on any atom is -0.490 e. The van der Waals surface area contributed by atoms with Crippen LogP contribution in [-0.2, 0) is 4.79 Å². The van der Waals surface area contributed by atoms with Gasteiger partial charge in [0.25, 0.3) is 5.91 Å². The Bertz CT molecular complexity index is 827. The van der Waals surface area contributed by atoms with Crippen LogP contribution >= 0.6 is 0 Å². The molecule has 0 unspecified atom stereocenters. The minimum atomic E-state index is -0.258. The van der Waals surface area contributed by atoms with Gasteiger partial charge in [-0.15, -0.1) is 0 Å². The molecule has 0 radical (unpaired) electrons. The molecule has 29 heavy (non-hydrogen) atoms. The Hall–Kier alpha value is -3.02. The number of hydrogen-bond acceptors (Lipinski definition) is 5. The van der Waals surface area contributed by atoms with Gasteiger partial charge in [-0.25, -0.2) is 0 Å². The van der Waals surface area contributed by atoms with Gasteiger partial charge in [-0.1, -0.05) is 6.92 Å². The van der Waals surface area contributed by atoms with Gasteiger partial charge in [-0.2, -0.15) is 0 Å². The second kappa shape index (κ2) is 9.96. The molecule has 1 aliphatic rings. The molecule has 0 spiro atoms. The van der Waals surface area contributed by atoms with E-state index in [-0.39, 0.29) is 12.5 Å². The first kappa shape index (κ1) is 20.7. The van der Waals surface area contributed by atoms with Gasteiger partial charge < -0.3 is 19.7 Å². The van der Waals surface area contributed by atoms with Crippen LogP contribution in [0.25, 0.3) is 0 Å². The van der Waals surface area contributed by atoms with Gasteiger partial charge in [0.15, 0.2) is 18.1 Å². The molecule has 0 aliphatic carbocycles. The predicted molar refractivity (Wildman–Crippen MR) is 114 cm³/mol. The maximum atomic E-state index is 12.3. The third-order valence-electron chi connectivity index (χ3n) is 5.06. The number of nitrogens with zero attached hydrogens (tertiary/aromatic N) is 1. The van der Waals surface area contributed by atoms with Crippen LogP contribution in [0.4, 0.5) is 11.4 Å². The lowest BCUT2D eigenvalue weighted by atomic mass is 9.99. The van der Waals surface area contributed by atoms with Crippen molar-refractivity contribution in [3.63, 3.8) is 0 Å². The van der Waals surface area contributed by atoms with Crippen LogP contribution in [-0.4, -0.2) is 38.5 Å². The number of piperidine rings is 1. The standard InChI is InChI=1S/C23H28N2O4/c1-3-28-22-14-18(15-26)4-9-21(22)29-16-23(27)24-19-5-7-20(8-6-19)25-12-10-17(2)11-13-25/h4-9,14-15,17H,3,10-13,16H2,1-2H3,(H,24,27). The zero-order chi connectivity index (χ0) is 20.6. The zero-order valence-corrected chi connectivity index (χ0v) is 17.0. The molecule has 3 rings (SSSR count). The average molecular weight is 396 g/mol. The van der Waals surface area contributed by atoms with E-state index in [0.717, 1.165) is 31.0 Å². The van der Waals surface area contributed by atoms with Gasteiger partial charge in [0.1, 0.15) is 6.29 Å². The van der Waals surface area contributed by atoms with Crippen molar-refractivity contribution in [2.24, 2.45) is 5.92 Å². The summed E-state index contributed by atoms with van der Waals surface area (Å²) in [5.41, 5.74) is 2.41. The molecule has 1 amide bonds.